The molecule has 0 aromatic rings. The Bertz CT molecular complexity index is 623. The molecule has 2 fully saturated rings. The van der Waals surface area contributed by atoms with Crippen LogP contribution in [0.15, 0.2) is 0 Å². The predicted octanol–water partition coefficient (Wildman–Crippen LogP) is 1.19. The van der Waals surface area contributed by atoms with Gasteiger partial charge in [0.1, 0.15) is 0 Å². The third-order valence-corrected chi connectivity index (χ3v) is 15.1. The van der Waals surface area contributed by atoms with E-state index in [0.717, 1.165) is 9.34 Å². The van der Waals surface area contributed by atoms with Gasteiger partial charge in [-0.25, -0.2) is 0 Å². The number of hydrogen-bond donors (Lipinski definition) is 2. The van der Waals surface area contributed by atoms with Crippen LogP contribution >= 0.6 is 38.5 Å². The molecule has 0 N–H and O–H groups in total. The quantitative estimate of drug-likeness (QED) is 0.305. The van der Waals surface area contributed by atoms with E-state index in [9.17, 15) is 24.0 Å². The number of carbonyl (C=O) groups is 5. The number of hydrogen-bond acceptors (Lipinski definition) is 7. The van der Waals surface area contributed by atoms with Crippen LogP contribution in [0, 0.1) is 0 Å². The molecular formula is C12H18N2O5P2S2. The molecule has 2 rings (SSSR count). The summed E-state index contributed by atoms with van der Waals surface area (Å²) in [6.45, 7) is 0. The zero-order valence-electron chi connectivity index (χ0n) is 12.3. The van der Waals surface area contributed by atoms with E-state index in [-0.39, 0.29) is 48.9 Å². The Morgan fingerprint density at radius 2 is 1.48 bits per heavy atom. The Morgan fingerprint density at radius 3 is 1.87 bits per heavy atom. The number of imide groups is 2. The number of nitrogens with zero attached hydrogens (tertiary/aromatic N) is 2. The van der Waals surface area contributed by atoms with Crippen molar-refractivity contribution in [3.8, 4) is 0 Å². The van der Waals surface area contributed by atoms with Crippen molar-refractivity contribution in [2.75, 3.05) is 11.4 Å². The molecule has 2 aliphatic rings. The van der Waals surface area contributed by atoms with E-state index in [1.54, 1.807) is 0 Å². The van der Waals surface area contributed by atoms with E-state index in [1.165, 1.54) is 0 Å². The second-order valence-electron chi connectivity index (χ2n) is 5.64. The van der Waals surface area contributed by atoms with Crippen LogP contribution in [0.25, 0.3) is 0 Å². The number of amides is 4. The Labute approximate surface area is 145 Å². The zero-order valence-corrected chi connectivity index (χ0v) is 16.0. The molecular weight excluding hydrogens is 378 g/mol. The van der Waals surface area contributed by atoms with E-state index in [0.29, 0.717) is 6.03 Å². The summed E-state index contributed by atoms with van der Waals surface area (Å²) in [5.74, 6) is -1.59. The third kappa shape index (κ3) is 3.29. The molecule has 128 valence electrons. The summed E-state index contributed by atoms with van der Waals surface area (Å²) in [4.78, 5) is 59.8. The first-order valence-electron chi connectivity index (χ1n) is 6.93. The number of thiol groups is 2. The van der Waals surface area contributed by atoms with Crippen molar-refractivity contribution in [1.29, 1.82) is 0 Å². The Morgan fingerprint density at radius 1 is 1.04 bits per heavy atom. The van der Waals surface area contributed by atoms with Crippen molar-refractivity contribution in [2.45, 2.75) is 25.7 Å². The van der Waals surface area contributed by atoms with Crippen LogP contribution in [0.3, 0.4) is 0 Å². The number of carbonyl (C=O) groups excluding carboxylic acids is 5. The summed E-state index contributed by atoms with van der Waals surface area (Å²) in [7, 11) is -3.32. The number of rotatable bonds is 6. The van der Waals surface area contributed by atoms with E-state index < -0.39 is 25.5 Å². The van der Waals surface area contributed by atoms with E-state index >= 15 is 0 Å². The molecule has 1 unspecified atom stereocenters. The van der Waals surface area contributed by atoms with Crippen LogP contribution in [0.1, 0.15) is 25.7 Å². The van der Waals surface area contributed by atoms with E-state index in [2.05, 4.69) is 31.2 Å². The predicted molar refractivity (Wildman–Crippen MR) is 99.0 cm³/mol. The van der Waals surface area contributed by atoms with Gasteiger partial charge in [-0.3, -0.25) is 0 Å². The van der Waals surface area contributed by atoms with Crippen molar-refractivity contribution in [2.24, 2.45) is 0 Å². The maximum atomic E-state index is 12.1. The van der Waals surface area contributed by atoms with Gasteiger partial charge in [0.15, 0.2) is 0 Å². The monoisotopic (exact) mass is 396 g/mol. The first kappa shape index (κ1) is 18.7. The summed E-state index contributed by atoms with van der Waals surface area (Å²) < 4.78 is 2.07. The molecule has 0 bridgehead atoms. The molecule has 23 heavy (non-hydrogen) atoms. The van der Waals surface area contributed by atoms with Gasteiger partial charge in [0.05, 0.1) is 0 Å². The average molecular weight is 396 g/mol. The maximum absolute atomic E-state index is 12.1. The van der Waals surface area contributed by atoms with Crippen molar-refractivity contribution in [3.63, 3.8) is 0 Å². The minimum atomic E-state index is -3.32. The molecule has 7 nitrogen and oxygen atoms in total. The molecule has 0 aromatic carbocycles. The van der Waals surface area contributed by atoms with Gasteiger partial charge in [0.25, 0.3) is 0 Å². The van der Waals surface area contributed by atoms with Crippen LogP contribution in [0.2, 0.25) is 0 Å². The van der Waals surface area contributed by atoms with Crippen molar-refractivity contribution < 1.29 is 24.0 Å². The average Bonchev–Trinajstić information content (AvgIpc) is 3.00. The molecule has 0 aromatic heterocycles. The van der Waals surface area contributed by atoms with Crippen LogP contribution < -0.4 is 0 Å². The fourth-order valence-electron chi connectivity index (χ4n) is 2.88. The third-order valence-electron chi connectivity index (χ3n) is 3.91. The van der Waals surface area contributed by atoms with Crippen molar-refractivity contribution >= 4 is 74.5 Å². The first-order valence-corrected chi connectivity index (χ1v) is 13.3. The molecule has 0 aliphatic carbocycles. The summed E-state index contributed by atoms with van der Waals surface area (Å²) in [6.07, 6.45) is 1.37. The molecule has 2 aliphatic heterocycles. The zero-order chi connectivity index (χ0) is 17.4. The summed E-state index contributed by atoms with van der Waals surface area (Å²) in [6, 6.07) is 0.613. The molecule has 2 saturated heterocycles. The summed E-state index contributed by atoms with van der Waals surface area (Å²) >= 11 is 8.62. The second kappa shape index (κ2) is 6.71. The van der Waals surface area contributed by atoms with Crippen LogP contribution in [-0.2, 0) is 24.0 Å². The molecule has 1 atom stereocenters. The Hall–Kier alpha value is -0.620. The summed E-state index contributed by atoms with van der Waals surface area (Å²) in [5, 5.41) is 0. The van der Waals surface area contributed by atoms with Gasteiger partial charge >= 0.3 is 145 Å². The van der Waals surface area contributed by atoms with Gasteiger partial charge < -0.3 is 0 Å². The van der Waals surface area contributed by atoms with Gasteiger partial charge in [-0.2, -0.15) is 0 Å². The Kier molecular flexibility index (Phi) is 5.46. The molecule has 2 heterocycles. The summed E-state index contributed by atoms with van der Waals surface area (Å²) in [5.41, 5.74) is 0.0159. The standard InChI is InChI=1S/C12H18N2O5P2S2/c1-20(23,13-9(16)2-3-10(13)17)7-21(6-15,8-22)14-11(18)4-5-12(14)19/h6,21-23H,1-5,7-8H2. The van der Waals surface area contributed by atoms with Gasteiger partial charge in [0, 0.05) is 0 Å². The molecule has 0 spiro atoms. The topological polar surface area (TPSA) is 91.8 Å². The first-order chi connectivity index (χ1) is 10.7. The van der Waals surface area contributed by atoms with Crippen molar-refractivity contribution in [3.05, 3.63) is 0 Å². The molecule has 11 heteroatoms. The molecule has 4 amide bonds. The normalized spacial score (nSPS) is 22.7. The minimum absolute atomic E-state index is 0.0159. The molecule has 0 radical (unpaired) electrons. The van der Waals surface area contributed by atoms with E-state index in [4.69, 9.17) is 0 Å². The van der Waals surface area contributed by atoms with Crippen molar-refractivity contribution in [1.82, 2.24) is 9.34 Å². The SMILES string of the molecule is C=P(S)(C[PH](C=O)(CS)N1C(=O)CCC1=O)N1C(=O)CCC1=O. The van der Waals surface area contributed by atoms with Gasteiger partial charge in [-0.05, 0) is 0 Å². The van der Waals surface area contributed by atoms with Gasteiger partial charge in [-0.1, -0.05) is 0 Å². The fourth-order valence-corrected chi connectivity index (χ4v) is 15.1. The van der Waals surface area contributed by atoms with Crippen LogP contribution in [0.4, 0.5) is 0 Å². The fraction of sp³-hybridized carbons (Fsp3) is 0.500. The van der Waals surface area contributed by atoms with Gasteiger partial charge in [0.2, 0.25) is 0 Å². The second-order valence-corrected chi connectivity index (χ2v) is 15.4. The van der Waals surface area contributed by atoms with Gasteiger partial charge in [-0.15, -0.1) is 0 Å². The van der Waals surface area contributed by atoms with E-state index in [1.807, 2.05) is 0 Å². The van der Waals surface area contributed by atoms with Crippen LogP contribution in [-0.4, -0.2) is 56.7 Å². The Balaban J connectivity index is 2.39. The molecule has 0 saturated carbocycles. The van der Waals surface area contributed by atoms with Crippen LogP contribution in [0.5, 0.6) is 0 Å².